The summed E-state index contributed by atoms with van der Waals surface area (Å²) in [5.41, 5.74) is 0.748. The maximum Gasteiger partial charge on any atom is 0.318 e. The van der Waals surface area contributed by atoms with E-state index in [0.29, 0.717) is 12.3 Å². The number of nitrogens with one attached hydrogen (secondary N) is 1. The topological polar surface area (TPSA) is 92.5 Å². The molecule has 7 nitrogen and oxygen atoms in total. The highest BCUT2D eigenvalue weighted by molar-refractivity contribution is 7.91. The summed E-state index contributed by atoms with van der Waals surface area (Å²) >= 11 is 0. The highest BCUT2D eigenvalue weighted by atomic mass is 32.2. The summed E-state index contributed by atoms with van der Waals surface area (Å²) in [6.45, 7) is 2.35. The van der Waals surface area contributed by atoms with Crippen molar-refractivity contribution in [3.63, 3.8) is 0 Å². The van der Waals surface area contributed by atoms with E-state index in [-0.39, 0.29) is 29.3 Å². The highest BCUT2D eigenvalue weighted by Gasteiger charge is 2.32. The number of aryl methyl sites for hydroxylation is 1. The maximum atomic E-state index is 12.9. The van der Waals surface area contributed by atoms with Gasteiger partial charge in [-0.2, -0.15) is 0 Å². The predicted molar refractivity (Wildman–Crippen MR) is 91.8 cm³/mol. The first kappa shape index (κ1) is 18.4. The third kappa shape index (κ3) is 4.04. The molecule has 1 atom stereocenters. The molecule has 2 aromatic rings. The van der Waals surface area contributed by atoms with Crippen LogP contribution in [0.2, 0.25) is 0 Å². The Bertz CT molecular complexity index is 880. The molecule has 26 heavy (non-hydrogen) atoms. The van der Waals surface area contributed by atoms with Gasteiger partial charge in [0.1, 0.15) is 5.82 Å². The van der Waals surface area contributed by atoms with Gasteiger partial charge in [-0.1, -0.05) is 5.16 Å². The lowest BCUT2D eigenvalue weighted by Gasteiger charge is -2.23. The first-order valence-corrected chi connectivity index (χ1v) is 9.98. The van der Waals surface area contributed by atoms with E-state index in [1.807, 2.05) is 6.92 Å². The van der Waals surface area contributed by atoms with Crippen molar-refractivity contribution in [1.82, 2.24) is 15.4 Å². The van der Waals surface area contributed by atoms with E-state index in [1.54, 1.807) is 11.0 Å². The number of carbonyl (C=O) groups excluding carboxylic acids is 1. The number of amides is 2. The summed E-state index contributed by atoms with van der Waals surface area (Å²) < 4.78 is 42.6. The van der Waals surface area contributed by atoms with Gasteiger partial charge in [0.05, 0.1) is 22.4 Å². The second kappa shape index (κ2) is 7.45. The van der Waals surface area contributed by atoms with E-state index in [1.165, 1.54) is 12.1 Å². The van der Waals surface area contributed by atoms with Gasteiger partial charge in [-0.25, -0.2) is 17.6 Å². The summed E-state index contributed by atoms with van der Waals surface area (Å²) in [5.74, 6) is -0.126. The van der Waals surface area contributed by atoms with Crippen LogP contribution in [0.3, 0.4) is 0 Å². The first-order valence-electron chi connectivity index (χ1n) is 8.33. The monoisotopic (exact) mass is 381 g/mol. The lowest BCUT2D eigenvalue weighted by atomic mass is 10.1. The Balaban J connectivity index is 1.57. The Morgan fingerprint density at radius 1 is 1.38 bits per heavy atom. The van der Waals surface area contributed by atoms with Crippen LogP contribution in [0.15, 0.2) is 39.8 Å². The number of carbonyl (C=O) groups is 1. The molecule has 1 saturated heterocycles. The van der Waals surface area contributed by atoms with Gasteiger partial charge in [0.15, 0.2) is 15.6 Å². The molecule has 140 valence electrons. The molecule has 0 saturated carbocycles. The molecule has 0 spiro atoms. The van der Waals surface area contributed by atoms with Crippen molar-refractivity contribution in [3.8, 4) is 0 Å². The van der Waals surface area contributed by atoms with Gasteiger partial charge in [-0.3, -0.25) is 0 Å². The minimum atomic E-state index is -3.59. The average molecular weight is 381 g/mol. The number of aromatic nitrogens is 1. The number of sulfone groups is 1. The predicted octanol–water partition coefficient (Wildman–Crippen LogP) is 2.44. The Morgan fingerprint density at radius 2 is 2.12 bits per heavy atom. The highest BCUT2D eigenvalue weighted by Crippen LogP contribution is 2.32. The van der Waals surface area contributed by atoms with Gasteiger partial charge in [0.25, 0.3) is 0 Å². The van der Waals surface area contributed by atoms with E-state index < -0.39 is 15.7 Å². The number of nitrogens with zero attached hydrogens (tertiary/aromatic N) is 2. The van der Waals surface area contributed by atoms with Crippen molar-refractivity contribution in [2.75, 3.05) is 18.8 Å². The van der Waals surface area contributed by atoms with Crippen LogP contribution in [0.1, 0.15) is 30.3 Å². The fourth-order valence-corrected chi connectivity index (χ4v) is 4.16. The quantitative estimate of drug-likeness (QED) is 0.803. The summed E-state index contributed by atoms with van der Waals surface area (Å²) in [4.78, 5) is 14.1. The van der Waals surface area contributed by atoms with Gasteiger partial charge in [-0.15, -0.1) is 0 Å². The fourth-order valence-electron chi connectivity index (χ4n) is 3.00. The van der Waals surface area contributed by atoms with Gasteiger partial charge < -0.3 is 14.7 Å². The third-order valence-corrected chi connectivity index (χ3v) is 6.04. The van der Waals surface area contributed by atoms with Crippen LogP contribution in [0, 0.1) is 12.7 Å². The molecule has 1 N–H and O–H groups in total. The van der Waals surface area contributed by atoms with Crippen molar-refractivity contribution in [2.24, 2.45) is 0 Å². The van der Waals surface area contributed by atoms with E-state index in [0.717, 1.165) is 30.7 Å². The summed E-state index contributed by atoms with van der Waals surface area (Å²) in [6, 6.07) is 5.90. The third-order valence-electron chi connectivity index (χ3n) is 4.31. The molecule has 0 radical (unpaired) electrons. The summed E-state index contributed by atoms with van der Waals surface area (Å²) in [6.07, 6.45) is 1.61. The van der Waals surface area contributed by atoms with Crippen LogP contribution < -0.4 is 5.32 Å². The van der Waals surface area contributed by atoms with E-state index in [4.69, 9.17) is 4.52 Å². The Hall–Kier alpha value is -2.42. The molecule has 1 aromatic carbocycles. The fraction of sp³-hybridized carbons (Fsp3) is 0.412. The Kier molecular flexibility index (Phi) is 5.26. The molecule has 0 bridgehead atoms. The number of urea groups is 1. The normalized spacial score (nSPS) is 17.5. The van der Waals surface area contributed by atoms with Gasteiger partial charge in [0.2, 0.25) is 0 Å². The number of hydrogen-bond donors (Lipinski definition) is 1. The van der Waals surface area contributed by atoms with Crippen molar-refractivity contribution in [1.29, 1.82) is 0 Å². The van der Waals surface area contributed by atoms with Crippen LogP contribution in [-0.4, -0.2) is 43.3 Å². The Morgan fingerprint density at radius 3 is 2.77 bits per heavy atom. The molecule has 3 rings (SSSR count). The summed E-state index contributed by atoms with van der Waals surface area (Å²) in [5, 5.41) is 6.49. The first-order chi connectivity index (χ1) is 12.4. The maximum absolute atomic E-state index is 12.9. The van der Waals surface area contributed by atoms with Gasteiger partial charge >= 0.3 is 6.03 Å². The molecular formula is C17H20FN3O4S. The van der Waals surface area contributed by atoms with Crippen LogP contribution in [0.4, 0.5) is 9.18 Å². The van der Waals surface area contributed by atoms with Crippen molar-refractivity contribution >= 4 is 15.9 Å². The van der Waals surface area contributed by atoms with Gasteiger partial charge in [-0.05, 0) is 44.0 Å². The van der Waals surface area contributed by atoms with Crippen LogP contribution >= 0.6 is 0 Å². The molecule has 9 heteroatoms. The smallest absolute Gasteiger partial charge is 0.318 e. The number of likely N-dealkylation sites (tertiary alicyclic amines) is 1. The van der Waals surface area contributed by atoms with Crippen LogP contribution in [-0.2, 0) is 9.84 Å². The van der Waals surface area contributed by atoms with E-state index in [2.05, 4.69) is 10.5 Å². The van der Waals surface area contributed by atoms with Crippen molar-refractivity contribution in [2.45, 2.75) is 30.7 Å². The molecule has 1 fully saturated rings. The van der Waals surface area contributed by atoms with E-state index >= 15 is 0 Å². The van der Waals surface area contributed by atoms with Crippen LogP contribution in [0.5, 0.6) is 0 Å². The number of benzene rings is 1. The number of hydrogen-bond acceptors (Lipinski definition) is 5. The summed E-state index contributed by atoms with van der Waals surface area (Å²) in [7, 11) is -3.59. The molecular weight excluding hydrogens is 361 g/mol. The van der Waals surface area contributed by atoms with Crippen molar-refractivity contribution < 1.29 is 22.1 Å². The zero-order valence-corrected chi connectivity index (χ0v) is 15.1. The van der Waals surface area contributed by atoms with Gasteiger partial charge in [0, 0.05) is 19.2 Å². The second-order valence-electron chi connectivity index (χ2n) is 6.23. The Labute approximate surface area is 151 Å². The molecule has 1 aliphatic rings. The number of halogens is 1. The molecule has 0 aliphatic carbocycles. The second-order valence-corrected chi connectivity index (χ2v) is 8.34. The standard InChI is InChI=1S/C17H20FN3O4S/c1-12-11-16(25-20-12)15-3-2-9-21(15)17(22)19-8-10-26(23,24)14-6-4-13(18)5-7-14/h4-7,11,15H,2-3,8-10H2,1H3,(H,19,22). The zero-order valence-electron chi connectivity index (χ0n) is 14.3. The minimum absolute atomic E-state index is 0.0306. The largest absolute Gasteiger partial charge is 0.359 e. The van der Waals surface area contributed by atoms with Crippen molar-refractivity contribution in [3.05, 3.63) is 47.6 Å². The molecule has 2 heterocycles. The zero-order chi connectivity index (χ0) is 18.7. The SMILES string of the molecule is Cc1cc(C2CCCN2C(=O)NCCS(=O)(=O)c2ccc(F)cc2)on1. The minimum Gasteiger partial charge on any atom is -0.359 e. The molecule has 1 aromatic heterocycles. The lowest BCUT2D eigenvalue weighted by Crippen LogP contribution is -2.41. The lowest BCUT2D eigenvalue weighted by molar-refractivity contribution is 0.183. The molecule has 2 amide bonds. The average Bonchev–Trinajstić information content (AvgIpc) is 3.23. The van der Waals surface area contributed by atoms with Crippen LogP contribution in [0.25, 0.3) is 0 Å². The molecule has 1 aliphatic heterocycles. The number of rotatable bonds is 5. The molecule has 1 unspecified atom stereocenters. The van der Waals surface area contributed by atoms with E-state index in [9.17, 15) is 17.6 Å².